The van der Waals surface area contributed by atoms with Crippen molar-refractivity contribution in [2.75, 3.05) is 27.4 Å². The molecule has 0 saturated heterocycles. The van der Waals surface area contributed by atoms with Crippen LogP contribution in [0.4, 0.5) is 4.79 Å². The largest absolute Gasteiger partial charge is 0.493 e. The SMILES string of the molecule is C=CCOc1ccc(C=NNC(=O)N/N=C/c2ccc(OCC=C)c(OC)c2)cc1OC. The second-order valence-corrected chi connectivity index (χ2v) is 6.09. The minimum atomic E-state index is -0.603. The highest BCUT2D eigenvalue weighted by Crippen LogP contribution is 2.28. The first-order chi connectivity index (χ1) is 15.6. The molecular weight excluding hydrogens is 412 g/mol. The Kier molecular flexibility index (Phi) is 9.84. The topological polar surface area (TPSA) is 103 Å². The Labute approximate surface area is 187 Å². The summed E-state index contributed by atoms with van der Waals surface area (Å²) < 4.78 is 21.6. The average Bonchev–Trinajstić information content (AvgIpc) is 2.82. The van der Waals surface area contributed by atoms with Crippen molar-refractivity contribution >= 4 is 18.5 Å². The van der Waals surface area contributed by atoms with Crippen LogP contribution in [-0.2, 0) is 0 Å². The van der Waals surface area contributed by atoms with Crippen LogP contribution in [0.5, 0.6) is 23.0 Å². The molecule has 0 aromatic heterocycles. The Morgan fingerprint density at radius 2 is 1.25 bits per heavy atom. The maximum atomic E-state index is 11.9. The average molecular weight is 438 g/mol. The van der Waals surface area contributed by atoms with E-state index in [0.29, 0.717) is 47.3 Å². The molecule has 168 valence electrons. The van der Waals surface area contributed by atoms with Crippen LogP contribution in [0.15, 0.2) is 71.9 Å². The van der Waals surface area contributed by atoms with Gasteiger partial charge in [-0.1, -0.05) is 25.3 Å². The van der Waals surface area contributed by atoms with Gasteiger partial charge in [0.15, 0.2) is 23.0 Å². The van der Waals surface area contributed by atoms with Crippen molar-refractivity contribution < 1.29 is 23.7 Å². The quantitative estimate of drug-likeness (QED) is 0.300. The number of ether oxygens (including phenoxy) is 4. The van der Waals surface area contributed by atoms with Crippen LogP contribution in [0.25, 0.3) is 0 Å². The molecule has 0 radical (unpaired) electrons. The fourth-order valence-electron chi connectivity index (χ4n) is 2.42. The third-order valence-electron chi connectivity index (χ3n) is 3.85. The smallest absolute Gasteiger partial charge is 0.355 e. The van der Waals surface area contributed by atoms with Crippen molar-refractivity contribution in [3.05, 3.63) is 72.8 Å². The molecule has 0 aliphatic rings. The van der Waals surface area contributed by atoms with Gasteiger partial charge >= 0.3 is 6.03 Å². The molecule has 2 rings (SSSR count). The van der Waals surface area contributed by atoms with E-state index in [1.54, 1.807) is 48.6 Å². The predicted octanol–water partition coefficient (Wildman–Crippen LogP) is 3.50. The van der Waals surface area contributed by atoms with Gasteiger partial charge in [-0.05, 0) is 47.5 Å². The minimum absolute atomic E-state index is 0.367. The number of nitrogens with zero attached hydrogens (tertiary/aromatic N) is 2. The molecule has 0 aliphatic carbocycles. The highest BCUT2D eigenvalue weighted by molar-refractivity contribution is 5.84. The zero-order valence-corrected chi connectivity index (χ0v) is 18.0. The molecular formula is C23H26N4O5. The molecule has 0 saturated carbocycles. The number of urea groups is 1. The summed E-state index contributed by atoms with van der Waals surface area (Å²) in [6.07, 6.45) is 6.22. The van der Waals surface area contributed by atoms with Crippen LogP contribution in [0, 0.1) is 0 Å². The molecule has 0 fully saturated rings. The summed E-state index contributed by atoms with van der Waals surface area (Å²) >= 11 is 0. The van der Waals surface area contributed by atoms with Gasteiger partial charge in [-0.3, -0.25) is 0 Å². The van der Waals surface area contributed by atoms with Gasteiger partial charge in [-0.2, -0.15) is 10.2 Å². The molecule has 9 nitrogen and oxygen atoms in total. The molecule has 0 bridgehead atoms. The summed E-state index contributed by atoms with van der Waals surface area (Å²) in [5.41, 5.74) is 6.07. The zero-order chi connectivity index (χ0) is 23.2. The summed E-state index contributed by atoms with van der Waals surface area (Å²) in [6, 6.07) is 9.90. The predicted molar refractivity (Wildman–Crippen MR) is 124 cm³/mol. The first-order valence-corrected chi connectivity index (χ1v) is 9.56. The molecule has 2 amide bonds. The van der Waals surface area contributed by atoms with Crippen LogP contribution in [-0.4, -0.2) is 45.9 Å². The Hall–Kier alpha value is -4.27. The third-order valence-corrected chi connectivity index (χ3v) is 3.85. The van der Waals surface area contributed by atoms with Gasteiger partial charge in [0.2, 0.25) is 0 Å². The van der Waals surface area contributed by atoms with Crippen molar-refractivity contribution in [1.29, 1.82) is 0 Å². The van der Waals surface area contributed by atoms with E-state index in [9.17, 15) is 4.79 Å². The van der Waals surface area contributed by atoms with E-state index < -0.39 is 6.03 Å². The Morgan fingerprint density at radius 3 is 1.62 bits per heavy atom. The lowest BCUT2D eigenvalue weighted by Crippen LogP contribution is -2.28. The van der Waals surface area contributed by atoms with Gasteiger partial charge in [-0.15, -0.1) is 0 Å². The number of benzene rings is 2. The lowest BCUT2D eigenvalue weighted by atomic mass is 10.2. The summed E-state index contributed by atoms with van der Waals surface area (Å²) in [6.45, 7) is 7.95. The van der Waals surface area contributed by atoms with Crippen LogP contribution >= 0.6 is 0 Å². The number of carbonyl (C=O) groups is 1. The van der Waals surface area contributed by atoms with Gasteiger partial charge in [0.05, 0.1) is 26.6 Å². The summed E-state index contributed by atoms with van der Waals surface area (Å²) in [4.78, 5) is 11.9. The molecule has 9 heteroatoms. The number of rotatable bonds is 12. The Morgan fingerprint density at radius 1 is 0.812 bits per heavy atom. The monoisotopic (exact) mass is 438 g/mol. The van der Waals surface area contributed by atoms with Crippen molar-refractivity contribution in [1.82, 2.24) is 10.9 Å². The molecule has 0 atom stereocenters. The van der Waals surface area contributed by atoms with Gasteiger partial charge in [-0.25, -0.2) is 15.6 Å². The molecule has 0 spiro atoms. The number of hydrazone groups is 2. The van der Waals surface area contributed by atoms with Gasteiger partial charge in [0.1, 0.15) is 13.2 Å². The zero-order valence-electron chi connectivity index (χ0n) is 18.0. The van der Waals surface area contributed by atoms with Crippen LogP contribution in [0.1, 0.15) is 11.1 Å². The van der Waals surface area contributed by atoms with Crippen molar-refractivity contribution in [3.8, 4) is 23.0 Å². The second kappa shape index (κ2) is 13.1. The molecule has 0 unspecified atom stereocenters. The second-order valence-electron chi connectivity index (χ2n) is 6.09. The first kappa shape index (κ1) is 24.0. The van der Waals surface area contributed by atoms with Gasteiger partial charge in [0.25, 0.3) is 0 Å². The summed E-state index contributed by atoms with van der Waals surface area (Å²) in [5.74, 6) is 2.26. The van der Waals surface area contributed by atoms with Crippen molar-refractivity contribution in [2.24, 2.45) is 10.2 Å². The molecule has 2 aromatic rings. The number of carbonyl (C=O) groups excluding carboxylic acids is 1. The van der Waals surface area contributed by atoms with E-state index >= 15 is 0 Å². The fourth-order valence-corrected chi connectivity index (χ4v) is 2.42. The van der Waals surface area contributed by atoms with E-state index in [4.69, 9.17) is 18.9 Å². The van der Waals surface area contributed by atoms with Crippen molar-refractivity contribution in [3.63, 3.8) is 0 Å². The van der Waals surface area contributed by atoms with Crippen LogP contribution in [0.2, 0.25) is 0 Å². The molecule has 0 heterocycles. The summed E-state index contributed by atoms with van der Waals surface area (Å²) in [5, 5.41) is 7.77. The molecule has 2 N–H and O–H groups in total. The number of methoxy groups -OCH3 is 2. The van der Waals surface area contributed by atoms with Crippen LogP contribution in [0.3, 0.4) is 0 Å². The molecule has 2 aromatic carbocycles. The number of nitrogens with one attached hydrogen (secondary N) is 2. The van der Waals surface area contributed by atoms with Crippen molar-refractivity contribution in [2.45, 2.75) is 0 Å². The fraction of sp³-hybridized carbons (Fsp3) is 0.174. The number of hydrogen-bond acceptors (Lipinski definition) is 7. The van der Waals surface area contributed by atoms with E-state index in [1.165, 1.54) is 26.6 Å². The molecule has 32 heavy (non-hydrogen) atoms. The standard InChI is InChI=1S/C23H26N4O5/c1-5-11-31-19-9-7-17(13-21(19)29-3)15-24-26-23(28)27-25-16-18-8-10-20(32-12-6-2)22(14-18)30-4/h5-10,13-16H,1-2,11-12H2,3-4H3,(H2,26,27,28)/b24-15+,25-16?. The summed E-state index contributed by atoms with van der Waals surface area (Å²) in [7, 11) is 3.08. The number of hydrogen-bond donors (Lipinski definition) is 2. The minimum Gasteiger partial charge on any atom is -0.493 e. The highest BCUT2D eigenvalue weighted by Gasteiger charge is 2.05. The normalized spacial score (nSPS) is 10.6. The van der Waals surface area contributed by atoms with Gasteiger partial charge < -0.3 is 18.9 Å². The lowest BCUT2D eigenvalue weighted by Gasteiger charge is -2.09. The lowest BCUT2D eigenvalue weighted by molar-refractivity contribution is 0.242. The number of amides is 2. The highest BCUT2D eigenvalue weighted by atomic mass is 16.5. The van der Waals surface area contributed by atoms with E-state index in [2.05, 4.69) is 34.2 Å². The third kappa shape index (κ3) is 7.52. The maximum Gasteiger partial charge on any atom is 0.355 e. The van der Waals surface area contributed by atoms with Crippen LogP contribution < -0.4 is 29.8 Å². The van der Waals surface area contributed by atoms with E-state index in [0.717, 1.165) is 0 Å². The van der Waals surface area contributed by atoms with E-state index in [-0.39, 0.29) is 0 Å². The van der Waals surface area contributed by atoms with Gasteiger partial charge in [0, 0.05) is 0 Å². The Bertz CT molecular complexity index is 911. The first-order valence-electron chi connectivity index (χ1n) is 9.56. The Balaban J connectivity index is 1.89. The van der Waals surface area contributed by atoms with E-state index in [1.807, 2.05) is 0 Å². The maximum absolute atomic E-state index is 11.9. The molecule has 0 aliphatic heterocycles.